The van der Waals surface area contributed by atoms with Gasteiger partial charge in [0, 0.05) is 36.2 Å². The summed E-state index contributed by atoms with van der Waals surface area (Å²) in [6.45, 7) is 6.16. The Balaban J connectivity index is 2.18. The number of benzene rings is 1. The van der Waals surface area contributed by atoms with Crippen molar-refractivity contribution in [3.05, 3.63) is 39.2 Å². The molecule has 122 valence electrons. The molecule has 0 bridgehead atoms. The summed E-state index contributed by atoms with van der Waals surface area (Å²) in [4.78, 5) is 16.5. The Morgan fingerprint density at radius 3 is 2.78 bits per heavy atom. The summed E-state index contributed by atoms with van der Waals surface area (Å²) in [5.41, 5.74) is 2.61. The highest BCUT2D eigenvalue weighted by molar-refractivity contribution is 6.11. The van der Waals surface area contributed by atoms with Crippen LogP contribution in [0.5, 0.6) is 5.75 Å². The molecule has 0 fully saturated rings. The van der Waals surface area contributed by atoms with Crippen LogP contribution in [0, 0.1) is 13.8 Å². The number of hydrogen-bond donors (Lipinski definition) is 1. The minimum Gasteiger partial charge on any atom is -0.491 e. The fourth-order valence-corrected chi connectivity index (χ4v) is 2.67. The van der Waals surface area contributed by atoms with Crippen LogP contribution in [0.1, 0.15) is 16.7 Å². The van der Waals surface area contributed by atoms with Crippen LogP contribution in [0.4, 0.5) is 0 Å². The number of fused-ring (bicyclic) bond motifs is 1. The second-order valence-electron chi connectivity index (χ2n) is 5.48. The molecule has 3 rings (SSSR count). The van der Waals surface area contributed by atoms with Gasteiger partial charge in [-0.3, -0.25) is 4.99 Å². The van der Waals surface area contributed by atoms with Crippen LogP contribution in [-0.4, -0.2) is 39.2 Å². The smallest absolute Gasteiger partial charge is 0.339 e. The predicted molar refractivity (Wildman–Crippen MR) is 88.7 cm³/mol. The minimum atomic E-state index is -0.323. The summed E-state index contributed by atoms with van der Waals surface area (Å²) in [5, 5.41) is 4.17. The highest BCUT2D eigenvalue weighted by Gasteiger charge is 2.18. The van der Waals surface area contributed by atoms with Crippen LogP contribution in [-0.2, 0) is 4.74 Å². The van der Waals surface area contributed by atoms with Gasteiger partial charge in [0.25, 0.3) is 0 Å². The summed E-state index contributed by atoms with van der Waals surface area (Å²) in [6, 6.07) is 3.68. The van der Waals surface area contributed by atoms with E-state index in [-0.39, 0.29) is 5.63 Å². The zero-order valence-corrected chi connectivity index (χ0v) is 13.6. The predicted octanol–water partition coefficient (Wildman–Crippen LogP) is 1.78. The van der Waals surface area contributed by atoms with Gasteiger partial charge < -0.3 is 19.2 Å². The van der Waals surface area contributed by atoms with Crippen molar-refractivity contribution < 1.29 is 13.9 Å². The summed E-state index contributed by atoms with van der Waals surface area (Å²) < 4.78 is 16.2. The van der Waals surface area contributed by atoms with Gasteiger partial charge in [0.2, 0.25) is 0 Å². The Bertz CT molecular complexity index is 823. The molecule has 0 unspecified atom stereocenters. The zero-order valence-electron chi connectivity index (χ0n) is 13.6. The van der Waals surface area contributed by atoms with E-state index in [4.69, 9.17) is 13.9 Å². The molecule has 1 aromatic carbocycles. The van der Waals surface area contributed by atoms with Crippen molar-refractivity contribution in [1.29, 1.82) is 0 Å². The van der Waals surface area contributed by atoms with Crippen LogP contribution < -0.4 is 15.7 Å². The standard InChI is InChI=1S/C17H20N2O4/c1-10-11(2)17(20)23-14-9-12(22-7-6-21-3)8-13(15(10)14)16-18-4-5-19-16/h8-9H,4-7H2,1-3H3,(H,18,19). The molecule has 1 aromatic heterocycles. The van der Waals surface area contributed by atoms with Crippen molar-refractivity contribution in [3.8, 4) is 5.75 Å². The Morgan fingerprint density at radius 2 is 2.09 bits per heavy atom. The molecule has 1 aliphatic rings. The van der Waals surface area contributed by atoms with Crippen molar-refractivity contribution in [1.82, 2.24) is 5.32 Å². The van der Waals surface area contributed by atoms with E-state index >= 15 is 0 Å². The molecule has 2 aromatic rings. The molecule has 0 aliphatic carbocycles. The quantitative estimate of drug-likeness (QED) is 0.672. The van der Waals surface area contributed by atoms with E-state index in [0.717, 1.165) is 35.4 Å². The fourth-order valence-electron chi connectivity index (χ4n) is 2.67. The molecule has 6 nitrogen and oxygen atoms in total. The molecular weight excluding hydrogens is 296 g/mol. The van der Waals surface area contributed by atoms with Gasteiger partial charge in [0.15, 0.2) is 0 Å². The second-order valence-corrected chi connectivity index (χ2v) is 5.48. The normalized spacial score (nSPS) is 14.0. The third-order valence-electron chi connectivity index (χ3n) is 4.01. The molecular formula is C17H20N2O4. The maximum atomic E-state index is 12.0. The number of nitrogens with zero attached hydrogens (tertiary/aromatic N) is 1. The summed E-state index contributed by atoms with van der Waals surface area (Å²) in [7, 11) is 1.62. The average molecular weight is 316 g/mol. The van der Waals surface area contributed by atoms with Crippen LogP contribution >= 0.6 is 0 Å². The van der Waals surface area contributed by atoms with Gasteiger partial charge in [0.05, 0.1) is 13.2 Å². The van der Waals surface area contributed by atoms with Crippen LogP contribution in [0.3, 0.4) is 0 Å². The number of nitrogens with one attached hydrogen (secondary N) is 1. The van der Waals surface area contributed by atoms with Gasteiger partial charge in [-0.2, -0.15) is 0 Å². The van der Waals surface area contributed by atoms with E-state index in [1.807, 2.05) is 13.0 Å². The molecule has 0 saturated carbocycles. The van der Waals surface area contributed by atoms with Gasteiger partial charge in [-0.1, -0.05) is 0 Å². The molecule has 0 amide bonds. The number of methoxy groups -OCH3 is 1. The molecule has 6 heteroatoms. The lowest BCUT2D eigenvalue weighted by Crippen LogP contribution is -2.20. The minimum absolute atomic E-state index is 0.323. The molecule has 1 aliphatic heterocycles. The van der Waals surface area contributed by atoms with E-state index < -0.39 is 0 Å². The van der Waals surface area contributed by atoms with Gasteiger partial charge >= 0.3 is 5.63 Å². The Morgan fingerprint density at radius 1 is 1.26 bits per heavy atom. The first-order valence-corrected chi connectivity index (χ1v) is 7.60. The Labute approximate surface area is 134 Å². The monoisotopic (exact) mass is 316 g/mol. The van der Waals surface area contributed by atoms with E-state index in [1.165, 1.54) is 0 Å². The number of rotatable bonds is 5. The van der Waals surface area contributed by atoms with Gasteiger partial charge in [-0.15, -0.1) is 0 Å². The van der Waals surface area contributed by atoms with Crippen LogP contribution in [0.2, 0.25) is 0 Å². The SMILES string of the molecule is COCCOc1cc(C2=NCCN2)c2c(C)c(C)c(=O)oc2c1. The molecule has 1 N–H and O–H groups in total. The van der Waals surface area contributed by atoms with Gasteiger partial charge in [-0.05, 0) is 25.5 Å². The first-order valence-electron chi connectivity index (χ1n) is 7.60. The molecule has 23 heavy (non-hydrogen) atoms. The average Bonchev–Trinajstić information content (AvgIpc) is 3.06. The maximum Gasteiger partial charge on any atom is 0.339 e. The van der Waals surface area contributed by atoms with E-state index in [2.05, 4.69) is 10.3 Å². The van der Waals surface area contributed by atoms with Crippen molar-refractivity contribution >= 4 is 16.8 Å². The topological polar surface area (TPSA) is 73.1 Å². The Kier molecular flexibility index (Phi) is 4.34. The van der Waals surface area contributed by atoms with Crippen LogP contribution in [0.15, 0.2) is 26.3 Å². The molecule has 0 spiro atoms. The first kappa shape index (κ1) is 15.6. The third-order valence-corrected chi connectivity index (χ3v) is 4.01. The molecule has 2 heterocycles. The molecule has 0 saturated heterocycles. The third kappa shape index (κ3) is 2.94. The lowest BCUT2D eigenvalue weighted by Gasteiger charge is -2.13. The highest BCUT2D eigenvalue weighted by Crippen LogP contribution is 2.29. The van der Waals surface area contributed by atoms with Gasteiger partial charge in [0.1, 0.15) is 23.8 Å². The van der Waals surface area contributed by atoms with E-state index in [0.29, 0.717) is 30.1 Å². The van der Waals surface area contributed by atoms with Crippen molar-refractivity contribution in [3.63, 3.8) is 0 Å². The lowest BCUT2D eigenvalue weighted by molar-refractivity contribution is 0.146. The Hall–Kier alpha value is -2.34. The maximum absolute atomic E-state index is 12.0. The zero-order chi connectivity index (χ0) is 16.4. The summed E-state index contributed by atoms with van der Waals surface area (Å²) in [6.07, 6.45) is 0. The molecule has 0 radical (unpaired) electrons. The number of ether oxygens (including phenoxy) is 2. The summed E-state index contributed by atoms with van der Waals surface area (Å²) >= 11 is 0. The van der Waals surface area contributed by atoms with Crippen LogP contribution in [0.25, 0.3) is 11.0 Å². The largest absolute Gasteiger partial charge is 0.491 e. The van der Waals surface area contributed by atoms with E-state index in [1.54, 1.807) is 20.1 Å². The second kappa shape index (κ2) is 6.42. The van der Waals surface area contributed by atoms with Gasteiger partial charge in [-0.25, -0.2) is 4.79 Å². The first-order chi connectivity index (χ1) is 11.1. The molecule has 0 atom stereocenters. The number of hydrogen-bond acceptors (Lipinski definition) is 6. The number of aryl methyl sites for hydroxylation is 1. The number of aliphatic imine (C=N–C) groups is 1. The summed E-state index contributed by atoms with van der Waals surface area (Å²) in [5.74, 6) is 1.44. The van der Waals surface area contributed by atoms with E-state index in [9.17, 15) is 4.79 Å². The highest BCUT2D eigenvalue weighted by atomic mass is 16.5. The fraction of sp³-hybridized carbons (Fsp3) is 0.412. The lowest BCUT2D eigenvalue weighted by atomic mass is 10.0. The van der Waals surface area contributed by atoms with Crippen molar-refractivity contribution in [2.24, 2.45) is 4.99 Å². The van der Waals surface area contributed by atoms with Crippen molar-refractivity contribution in [2.45, 2.75) is 13.8 Å². The number of amidine groups is 1. The van der Waals surface area contributed by atoms with Crippen molar-refractivity contribution in [2.75, 3.05) is 33.4 Å².